The van der Waals surface area contributed by atoms with Gasteiger partial charge in [0.2, 0.25) is 5.91 Å². The summed E-state index contributed by atoms with van der Waals surface area (Å²) in [6, 6.07) is 14.5. The smallest absolute Gasteiger partial charge is 0.320 e. The second kappa shape index (κ2) is 8.05. The van der Waals surface area contributed by atoms with E-state index in [1.807, 2.05) is 24.3 Å². The Morgan fingerprint density at radius 1 is 1.04 bits per heavy atom. The first kappa shape index (κ1) is 18.0. The van der Waals surface area contributed by atoms with Crippen molar-refractivity contribution in [1.29, 1.82) is 0 Å². The molecule has 0 saturated heterocycles. The van der Waals surface area contributed by atoms with Crippen LogP contribution in [0.2, 0.25) is 0 Å². The first-order valence-corrected chi connectivity index (χ1v) is 8.98. The van der Waals surface area contributed by atoms with Crippen LogP contribution in [0.5, 0.6) is 0 Å². The zero-order chi connectivity index (χ0) is 18.5. The number of ether oxygens (including phenoxy) is 1. The number of hydrogen-bond donors (Lipinski definition) is 2. The second-order valence-corrected chi connectivity index (χ2v) is 7.08. The fourth-order valence-corrected chi connectivity index (χ4v) is 3.77. The number of nitrogens with one attached hydrogen (secondary N) is 2. The molecule has 1 aliphatic heterocycles. The van der Waals surface area contributed by atoms with Crippen molar-refractivity contribution >= 4 is 40.9 Å². The number of rotatable bonds is 5. The van der Waals surface area contributed by atoms with E-state index in [2.05, 4.69) is 10.6 Å². The average Bonchev–Trinajstić information content (AvgIpc) is 3.05. The molecule has 1 heterocycles. The standard InChI is InChI=1S/C19H18N2O4S/c1-12(22)20-14-6-8-15(9-7-14)21-18(23)11-25-19(24)17-10-13-4-2-3-5-16(13)26-17/h2-9,17H,10-11H2,1H3,(H,20,22)(H,21,23). The summed E-state index contributed by atoms with van der Waals surface area (Å²) in [5.74, 6) is -0.964. The molecule has 0 aromatic heterocycles. The van der Waals surface area contributed by atoms with Gasteiger partial charge in [-0.1, -0.05) is 18.2 Å². The summed E-state index contributed by atoms with van der Waals surface area (Å²) in [6.45, 7) is 1.09. The zero-order valence-electron chi connectivity index (χ0n) is 14.2. The van der Waals surface area contributed by atoms with Crippen LogP contribution in [-0.4, -0.2) is 29.6 Å². The molecule has 3 rings (SSSR count). The number of hydrogen-bond acceptors (Lipinski definition) is 5. The summed E-state index contributed by atoms with van der Waals surface area (Å²) in [5, 5.41) is 4.98. The van der Waals surface area contributed by atoms with Crippen LogP contribution >= 0.6 is 11.8 Å². The molecule has 0 radical (unpaired) electrons. The average molecular weight is 370 g/mol. The minimum absolute atomic E-state index is 0.166. The highest BCUT2D eigenvalue weighted by Crippen LogP contribution is 2.37. The predicted molar refractivity (Wildman–Crippen MR) is 100 cm³/mol. The van der Waals surface area contributed by atoms with Crippen LogP contribution in [-0.2, 0) is 25.5 Å². The van der Waals surface area contributed by atoms with Crippen LogP contribution in [0.1, 0.15) is 12.5 Å². The number of anilines is 2. The van der Waals surface area contributed by atoms with Gasteiger partial charge in [0, 0.05) is 23.2 Å². The Bertz CT molecular complexity index is 811. The van der Waals surface area contributed by atoms with Gasteiger partial charge in [-0.2, -0.15) is 0 Å². The summed E-state index contributed by atoms with van der Waals surface area (Å²) >= 11 is 1.47. The number of fused-ring (bicyclic) bond motifs is 1. The molecular weight excluding hydrogens is 352 g/mol. The maximum Gasteiger partial charge on any atom is 0.320 e. The van der Waals surface area contributed by atoms with Crippen molar-refractivity contribution in [2.24, 2.45) is 0 Å². The van der Waals surface area contributed by atoms with E-state index in [9.17, 15) is 14.4 Å². The number of esters is 1. The van der Waals surface area contributed by atoms with Gasteiger partial charge in [0.05, 0.1) is 0 Å². The molecule has 7 heteroatoms. The molecule has 1 unspecified atom stereocenters. The summed E-state index contributed by atoms with van der Waals surface area (Å²) in [7, 11) is 0. The first-order valence-electron chi connectivity index (χ1n) is 8.10. The van der Waals surface area contributed by atoms with Crippen LogP contribution in [0.25, 0.3) is 0 Å². The molecule has 1 atom stereocenters. The molecule has 0 spiro atoms. The van der Waals surface area contributed by atoms with E-state index < -0.39 is 5.91 Å². The maximum atomic E-state index is 12.2. The van der Waals surface area contributed by atoms with Gasteiger partial charge >= 0.3 is 5.97 Å². The summed E-state index contributed by atoms with van der Waals surface area (Å²) in [4.78, 5) is 36.2. The quantitative estimate of drug-likeness (QED) is 0.791. The summed E-state index contributed by atoms with van der Waals surface area (Å²) < 4.78 is 5.14. The molecule has 2 amide bonds. The lowest BCUT2D eigenvalue weighted by molar-refractivity contribution is -0.146. The highest BCUT2D eigenvalue weighted by molar-refractivity contribution is 8.01. The van der Waals surface area contributed by atoms with Crippen molar-refractivity contribution in [3.05, 3.63) is 54.1 Å². The van der Waals surface area contributed by atoms with Crippen LogP contribution < -0.4 is 10.6 Å². The third-order valence-corrected chi connectivity index (χ3v) is 5.04. The van der Waals surface area contributed by atoms with Crippen LogP contribution in [0.15, 0.2) is 53.4 Å². The Kier molecular flexibility index (Phi) is 5.58. The van der Waals surface area contributed by atoms with Gasteiger partial charge in [-0.25, -0.2) is 0 Å². The SMILES string of the molecule is CC(=O)Nc1ccc(NC(=O)COC(=O)C2Cc3ccccc3S2)cc1. The fraction of sp³-hybridized carbons (Fsp3) is 0.211. The first-order chi connectivity index (χ1) is 12.5. The van der Waals surface area contributed by atoms with E-state index in [1.165, 1.54) is 18.7 Å². The summed E-state index contributed by atoms with van der Waals surface area (Å²) in [6.07, 6.45) is 0.617. The van der Waals surface area contributed by atoms with Gasteiger partial charge in [-0.3, -0.25) is 14.4 Å². The molecule has 2 aromatic carbocycles. The molecule has 0 saturated carbocycles. The van der Waals surface area contributed by atoms with Crippen molar-refractivity contribution in [2.45, 2.75) is 23.5 Å². The van der Waals surface area contributed by atoms with E-state index >= 15 is 0 Å². The number of carbonyl (C=O) groups excluding carboxylic acids is 3. The van der Waals surface area contributed by atoms with Crippen LogP contribution in [0, 0.1) is 0 Å². The third kappa shape index (κ3) is 4.64. The van der Waals surface area contributed by atoms with Gasteiger partial charge < -0.3 is 15.4 Å². The minimum atomic E-state index is -0.411. The van der Waals surface area contributed by atoms with Gasteiger partial charge in [-0.05, 0) is 42.3 Å². The van der Waals surface area contributed by atoms with Gasteiger partial charge in [0.25, 0.3) is 5.91 Å². The van der Waals surface area contributed by atoms with E-state index in [1.54, 1.807) is 24.3 Å². The van der Waals surface area contributed by atoms with Gasteiger partial charge in [0.1, 0.15) is 5.25 Å². The van der Waals surface area contributed by atoms with E-state index in [-0.39, 0.29) is 23.7 Å². The molecule has 134 valence electrons. The number of carbonyl (C=O) groups is 3. The summed E-state index contributed by atoms with van der Waals surface area (Å²) in [5.41, 5.74) is 2.32. The van der Waals surface area contributed by atoms with Crippen molar-refractivity contribution in [3.8, 4) is 0 Å². The lowest BCUT2D eigenvalue weighted by Gasteiger charge is -2.10. The Balaban J connectivity index is 1.45. The molecule has 0 fully saturated rings. The Morgan fingerprint density at radius 2 is 1.69 bits per heavy atom. The molecule has 2 aromatic rings. The van der Waals surface area contributed by atoms with E-state index in [0.717, 1.165) is 10.5 Å². The van der Waals surface area contributed by atoms with Crippen molar-refractivity contribution in [3.63, 3.8) is 0 Å². The second-order valence-electron chi connectivity index (χ2n) is 5.83. The van der Waals surface area contributed by atoms with Gasteiger partial charge in [-0.15, -0.1) is 11.8 Å². The predicted octanol–water partition coefficient (Wildman–Crippen LogP) is 2.84. The molecule has 2 N–H and O–H groups in total. The van der Waals surface area contributed by atoms with E-state index in [4.69, 9.17) is 4.74 Å². The normalized spacial score (nSPS) is 15.0. The fourth-order valence-electron chi connectivity index (χ4n) is 2.58. The molecule has 6 nitrogen and oxygen atoms in total. The third-order valence-electron chi connectivity index (χ3n) is 3.74. The van der Waals surface area contributed by atoms with Gasteiger partial charge in [0.15, 0.2) is 6.61 Å². The molecular formula is C19H18N2O4S. The molecule has 1 aliphatic rings. The zero-order valence-corrected chi connectivity index (χ0v) is 15.0. The van der Waals surface area contributed by atoms with Crippen LogP contribution in [0.3, 0.4) is 0 Å². The lowest BCUT2D eigenvalue weighted by atomic mass is 10.1. The van der Waals surface area contributed by atoms with Crippen LogP contribution in [0.4, 0.5) is 11.4 Å². The van der Waals surface area contributed by atoms with Crippen molar-refractivity contribution < 1.29 is 19.1 Å². The van der Waals surface area contributed by atoms with E-state index in [0.29, 0.717) is 17.8 Å². The molecule has 0 aliphatic carbocycles. The Hall–Kier alpha value is -2.80. The largest absolute Gasteiger partial charge is 0.455 e. The lowest BCUT2D eigenvalue weighted by Crippen LogP contribution is -2.26. The molecule has 0 bridgehead atoms. The Morgan fingerprint density at radius 3 is 2.35 bits per heavy atom. The van der Waals surface area contributed by atoms with Crippen molar-refractivity contribution in [1.82, 2.24) is 0 Å². The number of benzene rings is 2. The number of amides is 2. The highest BCUT2D eigenvalue weighted by atomic mass is 32.2. The minimum Gasteiger partial charge on any atom is -0.455 e. The Labute approximate surface area is 155 Å². The molecule has 26 heavy (non-hydrogen) atoms. The maximum absolute atomic E-state index is 12.2. The highest BCUT2D eigenvalue weighted by Gasteiger charge is 2.29. The monoisotopic (exact) mass is 370 g/mol. The number of thioether (sulfide) groups is 1. The van der Waals surface area contributed by atoms with Crippen molar-refractivity contribution in [2.75, 3.05) is 17.2 Å². The topological polar surface area (TPSA) is 84.5 Å².